The molecule has 0 spiro atoms. The van der Waals surface area contributed by atoms with Crippen LogP contribution >= 0.6 is 0 Å². The van der Waals surface area contributed by atoms with Crippen molar-refractivity contribution in [3.63, 3.8) is 0 Å². The molecule has 1 saturated heterocycles. The Balaban J connectivity index is 2.01. The van der Waals surface area contributed by atoms with Gasteiger partial charge in [-0.25, -0.2) is 0 Å². The maximum absolute atomic E-state index is 6.17. The molecule has 3 nitrogen and oxygen atoms in total. The summed E-state index contributed by atoms with van der Waals surface area (Å²) in [5.41, 5.74) is 8.56. The van der Waals surface area contributed by atoms with Crippen molar-refractivity contribution >= 4 is 10.9 Å². The number of hydrogen-bond acceptors (Lipinski definition) is 3. The lowest BCUT2D eigenvalue weighted by molar-refractivity contribution is 0.151. The third kappa shape index (κ3) is 2.94. The Morgan fingerprint density at radius 2 is 2.10 bits per heavy atom. The molecule has 1 aliphatic heterocycles. The lowest BCUT2D eigenvalue weighted by Gasteiger charge is -2.35. The zero-order valence-corrected chi connectivity index (χ0v) is 12.8. The lowest BCUT2D eigenvalue weighted by atomic mass is 9.99. The van der Waals surface area contributed by atoms with E-state index < -0.39 is 0 Å². The van der Waals surface area contributed by atoms with Gasteiger partial charge < -0.3 is 5.73 Å². The molecule has 2 aromatic rings. The predicted octanol–water partition coefficient (Wildman–Crippen LogP) is 3.50. The summed E-state index contributed by atoms with van der Waals surface area (Å²) in [6, 6.07) is 11.5. The standard InChI is InChI=1S/C18H25N3/c1-14-7-3-2-4-12-21(14)17(13-19)16-10-5-8-15-9-6-11-20-18(15)16/h5-6,8-11,14,17H,2-4,7,12-13,19H2,1H3. The van der Waals surface area contributed by atoms with E-state index >= 15 is 0 Å². The number of aromatic nitrogens is 1. The smallest absolute Gasteiger partial charge is 0.0750 e. The second-order valence-electron chi connectivity index (χ2n) is 6.11. The van der Waals surface area contributed by atoms with Crippen molar-refractivity contribution in [1.82, 2.24) is 9.88 Å². The number of fused-ring (bicyclic) bond motifs is 1. The fourth-order valence-electron chi connectivity index (χ4n) is 3.60. The van der Waals surface area contributed by atoms with Crippen molar-refractivity contribution in [3.8, 4) is 0 Å². The van der Waals surface area contributed by atoms with Gasteiger partial charge in [-0.05, 0) is 37.9 Å². The third-order valence-corrected chi connectivity index (χ3v) is 4.75. The molecule has 21 heavy (non-hydrogen) atoms. The zero-order valence-electron chi connectivity index (χ0n) is 12.8. The van der Waals surface area contributed by atoms with Gasteiger partial charge in [0, 0.05) is 30.2 Å². The Morgan fingerprint density at radius 1 is 1.24 bits per heavy atom. The minimum atomic E-state index is 0.275. The Hall–Kier alpha value is -1.45. The summed E-state index contributed by atoms with van der Waals surface area (Å²) in [4.78, 5) is 7.20. The monoisotopic (exact) mass is 283 g/mol. The minimum Gasteiger partial charge on any atom is -0.329 e. The van der Waals surface area contributed by atoms with Crippen LogP contribution < -0.4 is 5.73 Å². The van der Waals surface area contributed by atoms with Gasteiger partial charge in [-0.3, -0.25) is 9.88 Å². The average Bonchev–Trinajstić information content (AvgIpc) is 2.74. The first-order valence-corrected chi connectivity index (χ1v) is 8.10. The van der Waals surface area contributed by atoms with Crippen molar-refractivity contribution in [3.05, 3.63) is 42.1 Å². The molecular weight excluding hydrogens is 258 g/mol. The molecule has 1 aromatic carbocycles. The van der Waals surface area contributed by atoms with E-state index in [2.05, 4.69) is 41.1 Å². The Kier molecular flexibility index (Phi) is 4.51. The molecule has 0 amide bonds. The predicted molar refractivity (Wildman–Crippen MR) is 88.2 cm³/mol. The molecule has 2 heterocycles. The van der Waals surface area contributed by atoms with Crippen LogP contribution in [-0.4, -0.2) is 29.0 Å². The van der Waals surface area contributed by atoms with E-state index in [1.165, 1.54) is 36.6 Å². The topological polar surface area (TPSA) is 42.1 Å². The van der Waals surface area contributed by atoms with E-state index in [0.717, 1.165) is 12.1 Å². The highest BCUT2D eigenvalue weighted by Gasteiger charge is 2.26. The van der Waals surface area contributed by atoms with Crippen LogP contribution in [0.25, 0.3) is 10.9 Å². The van der Waals surface area contributed by atoms with Gasteiger partial charge in [-0.15, -0.1) is 0 Å². The second kappa shape index (κ2) is 6.54. The summed E-state index contributed by atoms with van der Waals surface area (Å²) >= 11 is 0. The van der Waals surface area contributed by atoms with Crippen LogP contribution in [0.3, 0.4) is 0 Å². The molecule has 2 unspecified atom stereocenters. The summed E-state index contributed by atoms with van der Waals surface area (Å²) < 4.78 is 0. The third-order valence-electron chi connectivity index (χ3n) is 4.75. The highest BCUT2D eigenvalue weighted by atomic mass is 15.2. The van der Waals surface area contributed by atoms with Gasteiger partial charge in [0.25, 0.3) is 0 Å². The SMILES string of the molecule is CC1CCCCCN1C(CN)c1cccc2cccnc12. The highest BCUT2D eigenvalue weighted by Crippen LogP contribution is 2.30. The molecule has 0 aliphatic carbocycles. The van der Waals surface area contributed by atoms with E-state index in [-0.39, 0.29) is 6.04 Å². The Morgan fingerprint density at radius 3 is 2.95 bits per heavy atom. The fraction of sp³-hybridized carbons (Fsp3) is 0.500. The van der Waals surface area contributed by atoms with Gasteiger partial charge in [-0.1, -0.05) is 37.1 Å². The number of nitrogens with zero attached hydrogens (tertiary/aromatic N) is 2. The van der Waals surface area contributed by atoms with Gasteiger partial charge in [0.2, 0.25) is 0 Å². The van der Waals surface area contributed by atoms with E-state index in [4.69, 9.17) is 5.73 Å². The van der Waals surface area contributed by atoms with Gasteiger partial charge in [0.1, 0.15) is 0 Å². The first kappa shape index (κ1) is 14.5. The van der Waals surface area contributed by atoms with Crippen molar-refractivity contribution in [2.45, 2.75) is 44.7 Å². The normalized spacial score (nSPS) is 22.1. The number of pyridine rings is 1. The summed E-state index contributed by atoms with van der Waals surface area (Å²) in [7, 11) is 0. The van der Waals surface area contributed by atoms with Crippen LogP contribution in [0.4, 0.5) is 0 Å². The van der Waals surface area contributed by atoms with E-state index in [1.54, 1.807) is 0 Å². The molecule has 1 fully saturated rings. The molecule has 3 rings (SSSR count). The number of hydrogen-bond donors (Lipinski definition) is 1. The summed E-state index contributed by atoms with van der Waals surface area (Å²) in [5, 5.41) is 1.20. The number of nitrogens with two attached hydrogens (primary N) is 1. The van der Waals surface area contributed by atoms with Crippen LogP contribution in [0, 0.1) is 0 Å². The lowest BCUT2D eigenvalue weighted by Crippen LogP contribution is -2.39. The molecule has 1 aromatic heterocycles. The largest absolute Gasteiger partial charge is 0.329 e. The first-order chi connectivity index (χ1) is 10.3. The number of likely N-dealkylation sites (tertiary alicyclic amines) is 1. The average molecular weight is 283 g/mol. The van der Waals surface area contributed by atoms with Gasteiger partial charge >= 0.3 is 0 Å². The Labute approximate surface area is 127 Å². The van der Waals surface area contributed by atoms with Gasteiger partial charge in [0.05, 0.1) is 5.52 Å². The number of rotatable bonds is 3. The summed E-state index contributed by atoms with van der Waals surface area (Å²) in [5.74, 6) is 0. The van der Waals surface area contributed by atoms with E-state index in [9.17, 15) is 0 Å². The van der Waals surface area contributed by atoms with Crippen LogP contribution in [-0.2, 0) is 0 Å². The van der Waals surface area contributed by atoms with Crippen molar-refractivity contribution in [2.24, 2.45) is 5.73 Å². The number of para-hydroxylation sites is 1. The van der Waals surface area contributed by atoms with Crippen molar-refractivity contribution in [1.29, 1.82) is 0 Å². The van der Waals surface area contributed by atoms with Crippen LogP contribution in [0.1, 0.15) is 44.2 Å². The van der Waals surface area contributed by atoms with Crippen LogP contribution in [0.5, 0.6) is 0 Å². The Bertz CT molecular complexity index is 591. The summed E-state index contributed by atoms with van der Waals surface area (Å²) in [6.45, 7) is 4.14. The zero-order chi connectivity index (χ0) is 14.7. The van der Waals surface area contributed by atoms with Crippen molar-refractivity contribution in [2.75, 3.05) is 13.1 Å². The molecule has 112 valence electrons. The first-order valence-electron chi connectivity index (χ1n) is 8.10. The molecule has 0 bridgehead atoms. The molecule has 0 radical (unpaired) electrons. The molecule has 3 heteroatoms. The van der Waals surface area contributed by atoms with Crippen LogP contribution in [0.15, 0.2) is 36.5 Å². The van der Waals surface area contributed by atoms with Gasteiger partial charge in [-0.2, -0.15) is 0 Å². The van der Waals surface area contributed by atoms with E-state index in [1.807, 2.05) is 12.3 Å². The quantitative estimate of drug-likeness (QED) is 0.937. The number of benzene rings is 1. The van der Waals surface area contributed by atoms with E-state index in [0.29, 0.717) is 12.6 Å². The minimum absolute atomic E-state index is 0.275. The summed E-state index contributed by atoms with van der Waals surface area (Å²) in [6.07, 6.45) is 7.10. The molecule has 2 N–H and O–H groups in total. The second-order valence-corrected chi connectivity index (χ2v) is 6.11. The fourth-order valence-corrected chi connectivity index (χ4v) is 3.60. The van der Waals surface area contributed by atoms with Crippen LogP contribution in [0.2, 0.25) is 0 Å². The molecule has 2 atom stereocenters. The maximum atomic E-state index is 6.17. The highest BCUT2D eigenvalue weighted by molar-refractivity contribution is 5.82. The molecule has 1 aliphatic rings. The molecule has 0 saturated carbocycles. The van der Waals surface area contributed by atoms with Gasteiger partial charge in [0.15, 0.2) is 0 Å². The maximum Gasteiger partial charge on any atom is 0.0750 e. The molecular formula is C18H25N3. The van der Waals surface area contributed by atoms with Crippen molar-refractivity contribution < 1.29 is 0 Å².